The van der Waals surface area contributed by atoms with Crippen LogP contribution in [0.2, 0.25) is 0 Å². The molecule has 1 N–H and O–H groups in total. The number of nitro benzene ring substituents is 2. The Bertz CT molecular complexity index is 610. The Morgan fingerprint density at radius 3 is 2.50 bits per heavy atom. The Labute approximate surface area is 125 Å². The molecule has 118 valence electrons. The number of nitro groups is 2. The number of nitrogens with zero attached hydrogens (tertiary/aromatic N) is 3. The fraction of sp³-hybridized carbons (Fsp3) is 0.462. The SMILES string of the molecule is CC1CCCN(c2c(C(=O)O)cc([N+](=O)[O-])cc2[N+](=O)[O-])C1. The van der Waals surface area contributed by atoms with Crippen molar-refractivity contribution in [2.75, 3.05) is 18.0 Å². The van der Waals surface area contributed by atoms with Gasteiger partial charge in [0.15, 0.2) is 0 Å². The van der Waals surface area contributed by atoms with Crippen LogP contribution in [-0.2, 0) is 0 Å². The second-order valence-corrected chi connectivity index (χ2v) is 5.37. The quantitative estimate of drug-likeness (QED) is 0.668. The molecule has 0 amide bonds. The Hall–Kier alpha value is -2.71. The van der Waals surface area contributed by atoms with Crippen molar-refractivity contribution in [3.63, 3.8) is 0 Å². The minimum Gasteiger partial charge on any atom is -0.478 e. The number of carboxylic acids is 1. The van der Waals surface area contributed by atoms with E-state index in [9.17, 15) is 30.1 Å². The molecule has 0 aromatic heterocycles. The van der Waals surface area contributed by atoms with Crippen LogP contribution < -0.4 is 4.90 Å². The molecule has 0 saturated carbocycles. The first-order valence-corrected chi connectivity index (χ1v) is 6.76. The third-order valence-electron chi connectivity index (χ3n) is 3.69. The number of carboxylic acid groups (broad SMARTS) is 1. The summed E-state index contributed by atoms with van der Waals surface area (Å²) in [7, 11) is 0. The second kappa shape index (κ2) is 5.96. The van der Waals surface area contributed by atoms with E-state index in [0.717, 1.165) is 25.0 Å². The summed E-state index contributed by atoms with van der Waals surface area (Å²) in [6.07, 6.45) is 1.74. The molecule has 2 rings (SSSR count). The summed E-state index contributed by atoms with van der Waals surface area (Å²) in [5, 5.41) is 31.4. The summed E-state index contributed by atoms with van der Waals surface area (Å²) in [6.45, 7) is 2.95. The van der Waals surface area contributed by atoms with Crippen LogP contribution >= 0.6 is 0 Å². The van der Waals surface area contributed by atoms with Gasteiger partial charge in [0.1, 0.15) is 5.69 Å². The second-order valence-electron chi connectivity index (χ2n) is 5.37. The van der Waals surface area contributed by atoms with Gasteiger partial charge in [-0.2, -0.15) is 0 Å². The molecule has 0 bridgehead atoms. The molecule has 0 radical (unpaired) electrons. The maximum Gasteiger partial charge on any atom is 0.338 e. The number of anilines is 1. The lowest BCUT2D eigenvalue weighted by Gasteiger charge is -2.33. The number of rotatable bonds is 4. The Morgan fingerprint density at radius 1 is 1.32 bits per heavy atom. The van der Waals surface area contributed by atoms with Gasteiger partial charge in [-0.15, -0.1) is 0 Å². The van der Waals surface area contributed by atoms with Crippen molar-refractivity contribution < 1.29 is 19.7 Å². The van der Waals surface area contributed by atoms with E-state index in [-0.39, 0.29) is 11.6 Å². The lowest BCUT2D eigenvalue weighted by molar-refractivity contribution is -0.393. The highest BCUT2D eigenvalue weighted by Gasteiger charge is 2.32. The van der Waals surface area contributed by atoms with Crippen LogP contribution in [0.5, 0.6) is 0 Å². The van der Waals surface area contributed by atoms with Crippen LogP contribution in [0.25, 0.3) is 0 Å². The van der Waals surface area contributed by atoms with Crippen molar-refractivity contribution in [1.29, 1.82) is 0 Å². The van der Waals surface area contributed by atoms with Crippen molar-refractivity contribution in [2.45, 2.75) is 19.8 Å². The van der Waals surface area contributed by atoms with Crippen molar-refractivity contribution in [2.24, 2.45) is 5.92 Å². The van der Waals surface area contributed by atoms with Crippen LogP contribution in [-0.4, -0.2) is 34.0 Å². The molecule has 9 nitrogen and oxygen atoms in total. The van der Waals surface area contributed by atoms with Gasteiger partial charge in [-0.25, -0.2) is 4.79 Å². The zero-order chi connectivity index (χ0) is 16.4. The highest BCUT2D eigenvalue weighted by Crippen LogP contribution is 2.38. The highest BCUT2D eigenvalue weighted by molar-refractivity contribution is 5.98. The van der Waals surface area contributed by atoms with Gasteiger partial charge < -0.3 is 10.0 Å². The molecule has 1 aliphatic heterocycles. The average molecular weight is 309 g/mol. The molecule has 1 atom stereocenters. The maximum atomic E-state index is 11.4. The molecular formula is C13H15N3O6. The molecule has 1 unspecified atom stereocenters. The van der Waals surface area contributed by atoms with Crippen LogP contribution in [0.3, 0.4) is 0 Å². The lowest BCUT2D eigenvalue weighted by atomic mass is 9.98. The third-order valence-corrected chi connectivity index (χ3v) is 3.69. The summed E-state index contributed by atoms with van der Waals surface area (Å²) < 4.78 is 0. The molecular weight excluding hydrogens is 294 g/mol. The number of non-ortho nitro benzene ring substituents is 1. The van der Waals surface area contributed by atoms with Gasteiger partial charge in [0.25, 0.3) is 11.4 Å². The molecule has 9 heteroatoms. The molecule has 1 aliphatic rings. The number of hydrogen-bond donors (Lipinski definition) is 1. The minimum absolute atomic E-state index is 0.0466. The first kappa shape index (κ1) is 15.7. The van der Waals surface area contributed by atoms with Crippen molar-refractivity contribution in [3.05, 3.63) is 37.9 Å². The minimum atomic E-state index is -1.42. The highest BCUT2D eigenvalue weighted by atomic mass is 16.6. The Kier molecular flexibility index (Phi) is 4.25. The van der Waals surface area contributed by atoms with Gasteiger partial charge in [0.05, 0.1) is 21.5 Å². The molecule has 0 spiro atoms. The van der Waals surface area contributed by atoms with E-state index >= 15 is 0 Å². The fourth-order valence-corrected chi connectivity index (χ4v) is 2.74. The van der Waals surface area contributed by atoms with E-state index in [2.05, 4.69) is 0 Å². The van der Waals surface area contributed by atoms with Gasteiger partial charge >= 0.3 is 5.97 Å². The molecule has 1 heterocycles. The number of carbonyl (C=O) groups is 1. The van der Waals surface area contributed by atoms with Gasteiger partial charge in [0, 0.05) is 19.2 Å². The van der Waals surface area contributed by atoms with Gasteiger partial charge in [-0.1, -0.05) is 6.92 Å². The van der Waals surface area contributed by atoms with Crippen LogP contribution in [0.15, 0.2) is 12.1 Å². The van der Waals surface area contributed by atoms with Crippen LogP contribution in [0, 0.1) is 26.1 Å². The Morgan fingerprint density at radius 2 is 2.00 bits per heavy atom. The van der Waals surface area contributed by atoms with Gasteiger partial charge in [-0.05, 0) is 18.8 Å². The van der Waals surface area contributed by atoms with Gasteiger partial charge in [0.2, 0.25) is 0 Å². The summed E-state index contributed by atoms with van der Waals surface area (Å²) in [5.41, 5.74) is -1.59. The monoisotopic (exact) mass is 309 g/mol. The lowest BCUT2D eigenvalue weighted by Crippen LogP contribution is -2.35. The largest absolute Gasteiger partial charge is 0.478 e. The average Bonchev–Trinajstić information content (AvgIpc) is 2.45. The van der Waals surface area contributed by atoms with Gasteiger partial charge in [-0.3, -0.25) is 20.2 Å². The first-order valence-electron chi connectivity index (χ1n) is 6.76. The smallest absolute Gasteiger partial charge is 0.338 e. The standard InChI is InChI=1S/C13H15N3O6/c1-8-3-2-4-14(7-8)12-10(13(17)18)5-9(15(19)20)6-11(12)16(21)22/h5-6,8H,2-4,7H2,1H3,(H,17,18). The molecule has 1 aromatic rings. The predicted molar refractivity (Wildman–Crippen MR) is 77.3 cm³/mol. The fourth-order valence-electron chi connectivity index (χ4n) is 2.74. The zero-order valence-corrected chi connectivity index (χ0v) is 11.9. The van der Waals surface area contributed by atoms with E-state index in [1.165, 1.54) is 0 Å². The van der Waals surface area contributed by atoms with E-state index in [0.29, 0.717) is 13.1 Å². The van der Waals surface area contributed by atoms with E-state index in [4.69, 9.17) is 0 Å². The summed E-state index contributed by atoms with van der Waals surface area (Å²) in [4.78, 5) is 33.6. The first-order chi connectivity index (χ1) is 10.3. The molecule has 1 aromatic carbocycles. The molecule has 22 heavy (non-hydrogen) atoms. The molecule has 0 aliphatic carbocycles. The normalized spacial score (nSPS) is 18.0. The molecule has 1 saturated heterocycles. The predicted octanol–water partition coefficient (Wildman–Crippen LogP) is 2.44. The van der Waals surface area contributed by atoms with Crippen molar-refractivity contribution >= 4 is 23.0 Å². The van der Waals surface area contributed by atoms with Crippen LogP contribution in [0.4, 0.5) is 17.1 Å². The third kappa shape index (κ3) is 2.97. The maximum absolute atomic E-state index is 11.4. The Balaban J connectivity index is 2.65. The topological polar surface area (TPSA) is 127 Å². The summed E-state index contributed by atoms with van der Waals surface area (Å²) in [6, 6.07) is 1.70. The molecule has 1 fully saturated rings. The number of piperidine rings is 1. The van der Waals surface area contributed by atoms with Crippen LogP contribution in [0.1, 0.15) is 30.1 Å². The number of aromatic carboxylic acids is 1. The van der Waals surface area contributed by atoms with E-state index in [1.807, 2.05) is 6.92 Å². The number of benzene rings is 1. The summed E-state index contributed by atoms with van der Waals surface area (Å²) >= 11 is 0. The van der Waals surface area contributed by atoms with E-state index < -0.39 is 32.8 Å². The van der Waals surface area contributed by atoms with Crippen molar-refractivity contribution in [3.8, 4) is 0 Å². The zero-order valence-electron chi connectivity index (χ0n) is 11.9. The number of hydrogen-bond acceptors (Lipinski definition) is 6. The summed E-state index contributed by atoms with van der Waals surface area (Å²) in [5.74, 6) is -1.15. The van der Waals surface area contributed by atoms with Crippen molar-refractivity contribution in [1.82, 2.24) is 0 Å². The van der Waals surface area contributed by atoms with E-state index in [1.54, 1.807) is 4.90 Å².